The van der Waals surface area contributed by atoms with Gasteiger partial charge in [-0.2, -0.15) is 17.9 Å². The SMILES string of the molecule is C=C(C#N)[C@H](c1ccc(Cl)cc1)[C@@H](S)C(=O)O. The standard InChI is InChI=1S/C12H10ClNO2S/c1-7(6-14)10(11(17)12(15)16)8-2-4-9(13)5-3-8/h2-5,10-11,17H,1H2,(H,15,16)/t10-,11-/m1/s1. The van der Waals surface area contributed by atoms with E-state index in [1.807, 2.05) is 6.07 Å². The summed E-state index contributed by atoms with van der Waals surface area (Å²) < 4.78 is 0. The molecule has 2 atom stereocenters. The smallest absolute Gasteiger partial charge is 0.317 e. The Balaban J connectivity index is 3.16. The highest BCUT2D eigenvalue weighted by Gasteiger charge is 2.28. The Kier molecular flexibility index (Phi) is 4.62. The van der Waals surface area contributed by atoms with Crippen molar-refractivity contribution in [1.29, 1.82) is 5.26 Å². The summed E-state index contributed by atoms with van der Waals surface area (Å²) in [6, 6.07) is 8.48. The molecule has 88 valence electrons. The van der Waals surface area contributed by atoms with Crippen LogP contribution in [0.5, 0.6) is 0 Å². The van der Waals surface area contributed by atoms with E-state index < -0.39 is 17.1 Å². The van der Waals surface area contributed by atoms with Gasteiger partial charge in [-0.25, -0.2) is 0 Å². The van der Waals surface area contributed by atoms with Crippen molar-refractivity contribution in [3.8, 4) is 6.07 Å². The molecule has 5 heteroatoms. The fourth-order valence-corrected chi connectivity index (χ4v) is 1.93. The molecule has 0 fully saturated rings. The number of carboxylic acid groups (broad SMARTS) is 1. The van der Waals surface area contributed by atoms with E-state index in [2.05, 4.69) is 19.2 Å². The Morgan fingerprint density at radius 1 is 1.47 bits per heavy atom. The zero-order chi connectivity index (χ0) is 13.0. The normalized spacial score (nSPS) is 13.5. The molecule has 0 aliphatic rings. The summed E-state index contributed by atoms with van der Waals surface area (Å²) >= 11 is 9.76. The van der Waals surface area contributed by atoms with E-state index in [0.717, 1.165) is 0 Å². The van der Waals surface area contributed by atoms with Gasteiger partial charge in [0.15, 0.2) is 0 Å². The summed E-state index contributed by atoms with van der Waals surface area (Å²) in [5, 5.41) is 17.3. The first-order chi connectivity index (χ1) is 7.97. The number of benzene rings is 1. The van der Waals surface area contributed by atoms with E-state index in [0.29, 0.717) is 10.6 Å². The Bertz CT molecular complexity index is 478. The van der Waals surface area contributed by atoms with Gasteiger partial charge in [-0.15, -0.1) is 0 Å². The first-order valence-electron chi connectivity index (χ1n) is 4.72. The average molecular weight is 268 g/mol. The Morgan fingerprint density at radius 2 is 2.00 bits per heavy atom. The summed E-state index contributed by atoms with van der Waals surface area (Å²) in [5.74, 6) is -1.75. The van der Waals surface area contributed by atoms with E-state index in [1.165, 1.54) is 0 Å². The van der Waals surface area contributed by atoms with Crippen molar-refractivity contribution in [3.05, 3.63) is 47.0 Å². The minimum atomic E-state index is -1.09. The van der Waals surface area contributed by atoms with Crippen molar-refractivity contribution in [2.45, 2.75) is 11.2 Å². The third kappa shape index (κ3) is 3.26. The fraction of sp³-hybridized carbons (Fsp3) is 0.167. The van der Waals surface area contributed by atoms with Gasteiger partial charge in [0.1, 0.15) is 5.25 Å². The fourth-order valence-electron chi connectivity index (χ4n) is 1.46. The lowest BCUT2D eigenvalue weighted by molar-refractivity contribution is -0.136. The number of hydrogen-bond acceptors (Lipinski definition) is 3. The van der Waals surface area contributed by atoms with Crippen molar-refractivity contribution in [1.82, 2.24) is 0 Å². The number of hydrogen-bond donors (Lipinski definition) is 2. The van der Waals surface area contributed by atoms with Crippen LogP contribution in [0, 0.1) is 11.3 Å². The van der Waals surface area contributed by atoms with Crippen LogP contribution in [0.1, 0.15) is 11.5 Å². The molecule has 3 nitrogen and oxygen atoms in total. The monoisotopic (exact) mass is 267 g/mol. The summed E-state index contributed by atoms with van der Waals surface area (Å²) in [7, 11) is 0. The second-order valence-electron chi connectivity index (χ2n) is 3.45. The number of thiol groups is 1. The topological polar surface area (TPSA) is 61.1 Å². The number of carboxylic acids is 1. The predicted molar refractivity (Wildman–Crippen MR) is 69.4 cm³/mol. The third-order valence-corrected chi connectivity index (χ3v) is 3.09. The average Bonchev–Trinajstić information content (AvgIpc) is 2.31. The van der Waals surface area contributed by atoms with Crippen molar-refractivity contribution >= 4 is 30.2 Å². The Morgan fingerprint density at radius 3 is 2.41 bits per heavy atom. The van der Waals surface area contributed by atoms with Crippen LogP contribution in [0.25, 0.3) is 0 Å². The van der Waals surface area contributed by atoms with Gasteiger partial charge in [0, 0.05) is 16.5 Å². The van der Waals surface area contributed by atoms with Crippen LogP contribution in [-0.4, -0.2) is 16.3 Å². The molecule has 0 unspecified atom stereocenters. The number of nitriles is 1. The molecule has 0 aliphatic carbocycles. The highest BCUT2D eigenvalue weighted by molar-refractivity contribution is 7.81. The summed E-state index contributed by atoms with van der Waals surface area (Å²) in [4.78, 5) is 10.9. The Hall–Kier alpha value is -1.44. The van der Waals surface area contributed by atoms with Crippen molar-refractivity contribution < 1.29 is 9.90 Å². The van der Waals surface area contributed by atoms with Gasteiger partial charge >= 0.3 is 5.97 Å². The first kappa shape index (κ1) is 13.6. The van der Waals surface area contributed by atoms with Crippen LogP contribution in [0.4, 0.5) is 0 Å². The number of halogens is 1. The van der Waals surface area contributed by atoms with Crippen LogP contribution in [0.15, 0.2) is 36.4 Å². The lowest BCUT2D eigenvalue weighted by atomic mass is 9.89. The van der Waals surface area contributed by atoms with Crippen molar-refractivity contribution in [2.24, 2.45) is 0 Å². The number of aliphatic carboxylic acids is 1. The Labute approximate surface area is 110 Å². The van der Waals surface area contributed by atoms with Crippen LogP contribution < -0.4 is 0 Å². The number of nitrogens with zero attached hydrogens (tertiary/aromatic N) is 1. The van der Waals surface area contributed by atoms with Gasteiger partial charge in [-0.1, -0.05) is 30.3 Å². The molecule has 0 bridgehead atoms. The summed E-state index contributed by atoms with van der Waals surface area (Å²) in [6.07, 6.45) is 0. The number of rotatable bonds is 4. The minimum Gasteiger partial charge on any atom is -0.480 e. The van der Waals surface area contributed by atoms with E-state index in [9.17, 15) is 4.79 Å². The molecule has 0 aliphatic heterocycles. The van der Waals surface area contributed by atoms with E-state index in [4.69, 9.17) is 22.0 Å². The van der Waals surface area contributed by atoms with E-state index >= 15 is 0 Å². The van der Waals surface area contributed by atoms with Crippen LogP contribution in [-0.2, 0) is 4.79 Å². The maximum absolute atomic E-state index is 10.9. The molecule has 1 N–H and O–H groups in total. The minimum absolute atomic E-state index is 0.162. The molecule has 0 aromatic heterocycles. The third-order valence-electron chi connectivity index (χ3n) is 2.32. The summed E-state index contributed by atoms with van der Waals surface area (Å²) in [5.41, 5.74) is 0.818. The van der Waals surface area contributed by atoms with Gasteiger partial charge in [0.25, 0.3) is 0 Å². The van der Waals surface area contributed by atoms with Gasteiger partial charge in [0.2, 0.25) is 0 Å². The molecule has 1 aromatic rings. The second kappa shape index (κ2) is 5.76. The zero-order valence-corrected chi connectivity index (χ0v) is 10.4. The molecular weight excluding hydrogens is 258 g/mol. The largest absolute Gasteiger partial charge is 0.480 e. The van der Waals surface area contributed by atoms with E-state index in [-0.39, 0.29) is 5.57 Å². The lowest BCUT2D eigenvalue weighted by Gasteiger charge is -2.19. The molecule has 17 heavy (non-hydrogen) atoms. The van der Waals surface area contributed by atoms with Crippen LogP contribution >= 0.6 is 24.2 Å². The maximum Gasteiger partial charge on any atom is 0.317 e. The molecule has 0 spiro atoms. The van der Waals surface area contributed by atoms with Crippen molar-refractivity contribution in [3.63, 3.8) is 0 Å². The molecule has 1 aromatic carbocycles. The molecule has 0 saturated carbocycles. The summed E-state index contributed by atoms with van der Waals surface area (Å²) in [6.45, 7) is 3.57. The first-order valence-corrected chi connectivity index (χ1v) is 5.62. The lowest BCUT2D eigenvalue weighted by Crippen LogP contribution is -2.23. The van der Waals surface area contributed by atoms with Gasteiger partial charge < -0.3 is 5.11 Å². The van der Waals surface area contributed by atoms with Gasteiger partial charge in [-0.3, -0.25) is 4.79 Å². The molecule has 0 saturated heterocycles. The quantitative estimate of drug-likeness (QED) is 0.651. The van der Waals surface area contributed by atoms with E-state index in [1.54, 1.807) is 24.3 Å². The van der Waals surface area contributed by atoms with Gasteiger partial charge in [-0.05, 0) is 17.7 Å². The molecule has 0 amide bonds. The highest BCUT2D eigenvalue weighted by Crippen LogP contribution is 2.30. The number of allylic oxidation sites excluding steroid dienone is 1. The van der Waals surface area contributed by atoms with Crippen molar-refractivity contribution in [2.75, 3.05) is 0 Å². The van der Waals surface area contributed by atoms with Crippen LogP contribution in [0.2, 0.25) is 5.02 Å². The highest BCUT2D eigenvalue weighted by atomic mass is 35.5. The zero-order valence-electron chi connectivity index (χ0n) is 8.80. The second-order valence-corrected chi connectivity index (χ2v) is 4.44. The van der Waals surface area contributed by atoms with Gasteiger partial charge in [0.05, 0.1) is 6.07 Å². The molecule has 0 heterocycles. The molecule has 1 rings (SSSR count). The predicted octanol–water partition coefficient (Wildman–Crippen LogP) is 2.89. The molecule has 0 radical (unpaired) electrons. The maximum atomic E-state index is 10.9. The van der Waals surface area contributed by atoms with Crippen LogP contribution in [0.3, 0.4) is 0 Å². The number of carbonyl (C=O) groups is 1. The molecular formula is C12H10ClNO2S.